The van der Waals surface area contributed by atoms with Crippen molar-refractivity contribution in [1.82, 2.24) is 5.32 Å². The lowest BCUT2D eigenvalue weighted by atomic mass is 10.1. The third-order valence-corrected chi connectivity index (χ3v) is 4.07. The third-order valence-electron chi connectivity index (χ3n) is 4.07. The molecule has 1 aliphatic heterocycles. The molecule has 2 aromatic rings. The van der Waals surface area contributed by atoms with Crippen molar-refractivity contribution in [3.05, 3.63) is 60.2 Å². The van der Waals surface area contributed by atoms with E-state index in [1.807, 2.05) is 54.6 Å². The first kappa shape index (κ1) is 16.1. The Morgan fingerprint density at radius 2 is 1.83 bits per heavy atom. The van der Waals surface area contributed by atoms with Gasteiger partial charge in [-0.1, -0.05) is 42.5 Å². The molecular weight excluding hydrogens is 304 g/mol. The molecule has 0 fully saturated rings. The summed E-state index contributed by atoms with van der Waals surface area (Å²) in [4.78, 5) is 25.9. The van der Waals surface area contributed by atoms with Crippen LogP contribution in [0.15, 0.2) is 54.6 Å². The summed E-state index contributed by atoms with van der Waals surface area (Å²) < 4.78 is 5.72. The first-order valence-corrected chi connectivity index (χ1v) is 7.99. The maximum Gasteiger partial charge on any atom is 0.269 e. The Balaban J connectivity index is 1.53. The molecule has 1 atom stereocenters. The molecule has 124 valence electrons. The van der Waals surface area contributed by atoms with Crippen LogP contribution in [0.4, 0.5) is 5.69 Å². The number of rotatable bonds is 5. The summed E-state index contributed by atoms with van der Waals surface area (Å²) in [5.41, 5.74) is 1.86. The van der Waals surface area contributed by atoms with Crippen LogP contribution in [0, 0.1) is 0 Å². The average Bonchev–Trinajstić information content (AvgIpc) is 2.62. The topological polar surface area (TPSA) is 58.6 Å². The van der Waals surface area contributed by atoms with Crippen LogP contribution >= 0.6 is 0 Å². The Bertz CT molecular complexity index is 730. The monoisotopic (exact) mass is 324 g/mol. The van der Waals surface area contributed by atoms with Crippen LogP contribution in [-0.2, 0) is 16.0 Å². The maximum absolute atomic E-state index is 12.3. The number of aryl methyl sites for hydroxylation is 1. The van der Waals surface area contributed by atoms with Crippen LogP contribution in [0.25, 0.3) is 0 Å². The Morgan fingerprint density at radius 1 is 1.12 bits per heavy atom. The number of nitrogens with zero attached hydrogens (tertiary/aromatic N) is 1. The maximum atomic E-state index is 12.3. The van der Waals surface area contributed by atoms with Gasteiger partial charge in [0.05, 0.1) is 12.2 Å². The Morgan fingerprint density at radius 3 is 2.62 bits per heavy atom. The predicted octanol–water partition coefficient (Wildman–Crippen LogP) is 2.16. The molecule has 1 N–H and O–H groups in total. The molecular formula is C19H20N2O3. The highest BCUT2D eigenvalue weighted by molar-refractivity contribution is 5.99. The molecule has 3 rings (SSSR count). The molecule has 0 aromatic heterocycles. The van der Waals surface area contributed by atoms with Crippen molar-refractivity contribution < 1.29 is 14.3 Å². The second kappa shape index (κ2) is 7.17. The van der Waals surface area contributed by atoms with E-state index in [0.717, 1.165) is 11.3 Å². The Hall–Kier alpha value is -2.82. The van der Waals surface area contributed by atoms with E-state index in [4.69, 9.17) is 4.74 Å². The van der Waals surface area contributed by atoms with Crippen molar-refractivity contribution in [2.45, 2.75) is 18.9 Å². The molecule has 1 aliphatic rings. The summed E-state index contributed by atoms with van der Waals surface area (Å²) >= 11 is 0. The highest BCUT2D eigenvalue weighted by Gasteiger charge is 2.32. The minimum absolute atomic E-state index is 0.0863. The summed E-state index contributed by atoms with van der Waals surface area (Å²) in [6.45, 7) is 0.172. The minimum Gasteiger partial charge on any atom is -0.477 e. The van der Waals surface area contributed by atoms with E-state index in [-0.39, 0.29) is 18.4 Å². The first-order valence-electron chi connectivity index (χ1n) is 7.99. The molecule has 0 spiro atoms. The summed E-state index contributed by atoms with van der Waals surface area (Å²) in [6, 6.07) is 17.2. The van der Waals surface area contributed by atoms with E-state index in [9.17, 15) is 9.59 Å². The normalized spacial score (nSPS) is 16.3. The number of benzene rings is 2. The number of para-hydroxylation sites is 2. The molecule has 5 heteroatoms. The fourth-order valence-electron chi connectivity index (χ4n) is 2.70. The number of amides is 2. The number of ether oxygens (including phenoxy) is 1. The smallest absolute Gasteiger partial charge is 0.269 e. The number of anilines is 1. The van der Waals surface area contributed by atoms with Crippen LogP contribution in [0.3, 0.4) is 0 Å². The molecule has 0 saturated heterocycles. The van der Waals surface area contributed by atoms with Gasteiger partial charge in [-0.15, -0.1) is 0 Å². The van der Waals surface area contributed by atoms with Gasteiger partial charge in [0, 0.05) is 13.5 Å². The van der Waals surface area contributed by atoms with Gasteiger partial charge in [0.15, 0.2) is 6.10 Å². The first-order chi connectivity index (χ1) is 11.6. The van der Waals surface area contributed by atoms with Crippen molar-refractivity contribution in [3.63, 3.8) is 0 Å². The summed E-state index contributed by atoms with van der Waals surface area (Å²) in [7, 11) is 1.72. The van der Waals surface area contributed by atoms with Gasteiger partial charge in [-0.3, -0.25) is 9.59 Å². The van der Waals surface area contributed by atoms with Crippen LogP contribution in [-0.4, -0.2) is 31.5 Å². The largest absolute Gasteiger partial charge is 0.477 e. The molecule has 2 amide bonds. The highest BCUT2D eigenvalue weighted by Crippen LogP contribution is 2.32. The van der Waals surface area contributed by atoms with E-state index in [0.29, 0.717) is 18.6 Å². The van der Waals surface area contributed by atoms with Gasteiger partial charge < -0.3 is 15.0 Å². The lowest BCUT2D eigenvalue weighted by molar-refractivity contribution is -0.127. The zero-order chi connectivity index (χ0) is 16.9. The molecule has 2 aromatic carbocycles. The van der Waals surface area contributed by atoms with Crippen molar-refractivity contribution in [2.24, 2.45) is 0 Å². The predicted molar refractivity (Wildman–Crippen MR) is 92.0 cm³/mol. The zero-order valence-electron chi connectivity index (χ0n) is 13.6. The summed E-state index contributed by atoms with van der Waals surface area (Å²) in [5, 5.41) is 2.79. The number of fused-ring (bicyclic) bond motifs is 1. The summed E-state index contributed by atoms with van der Waals surface area (Å²) in [6.07, 6.45) is 0.372. The SMILES string of the molecule is CN1C(=O)C(CNC(=O)CCc2ccccc2)Oc2ccccc21. The zero-order valence-corrected chi connectivity index (χ0v) is 13.6. The van der Waals surface area contributed by atoms with E-state index in [2.05, 4.69) is 5.32 Å². The van der Waals surface area contributed by atoms with E-state index in [1.165, 1.54) is 0 Å². The quantitative estimate of drug-likeness (QED) is 0.917. The van der Waals surface area contributed by atoms with Gasteiger partial charge >= 0.3 is 0 Å². The summed E-state index contributed by atoms with van der Waals surface area (Å²) in [5.74, 6) is 0.414. The van der Waals surface area contributed by atoms with Gasteiger partial charge in [-0.25, -0.2) is 0 Å². The van der Waals surface area contributed by atoms with Gasteiger partial charge in [0.25, 0.3) is 5.91 Å². The number of hydrogen-bond donors (Lipinski definition) is 1. The van der Waals surface area contributed by atoms with Crippen LogP contribution in [0.5, 0.6) is 5.75 Å². The number of carbonyl (C=O) groups is 2. The fraction of sp³-hybridized carbons (Fsp3) is 0.263. The second-order valence-electron chi connectivity index (χ2n) is 5.76. The molecule has 0 bridgehead atoms. The lowest BCUT2D eigenvalue weighted by Gasteiger charge is -2.31. The fourth-order valence-corrected chi connectivity index (χ4v) is 2.70. The lowest BCUT2D eigenvalue weighted by Crippen LogP contribution is -2.49. The standard InChI is InChI=1S/C19H20N2O3/c1-21-15-9-5-6-10-16(15)24-17(19(21)23)13-20-18(22)12-11-14-7-3-2-4-8-14/h2-10,17H,11-13H2,1H3,(H,20,22). The molecule has 0 aliphatic carbocycles. The Kier molecular flexibility index (Phi) is 4.79. The number of carbonyl (C=O) groups excluding carboxylic acids is 2. The van der Waals surface area contributed by atoms with Gasteiger partial charge in [0.2, 0.25) is 5.91 Å². The molecule has 5 nitrogen and oxygen atoms in total. The molecule has 0 saturated carbocycles. The molecule has 1 unspecified atom stereocenters. The van der Waals surface area contributed by atoms with E-state index < -0.39 is 6.10 Å². The molecule has 0 radical (unpaired) electrons. The van der Waals surface area contributed by atoms with Crippen molar-refractivity contribution in [3.8, 4) is 5.75 Å². The van der Waals surface area contributed by atoms with Crippen molar-refractivity contribution in [2.75, 3.05) is 18.5 Å². The number of hydrogen-bond acceptors (Lipinski definition) is 3. The van der Waals surface area contributed by atoms with Crippen molar-refractivity contribution >= 4 is 17.5 Å². The molecule has 24 heavy (non-hydrogen) atoms. The number of nitrogens with one attached hydrogen (secondary N) is 1. The van der Waals surface area contributed by atoms with Gasteiger partial charge in [0.1, 0.15) is 5.75 Å². The average molecular weight is 324 g/mol. The van der Waals surface area contributed by atoms with E-state index >= 15 is 0 Å². The Labute approximate surface area is 141 Å². The second-order valence-corrected chi connectivity index (χ2v) is 5.76. The van der Waals surface area contributed by atoms with Crippen LogP contribution < -0.4 is 15.0 Å². The molecule has 1 heterocycles. The van der Waals surface area contributed by atoms with E-state index in [1.54, 1.807) is 11.9 Å². The van der Waals surface area contributed by atoms with Gasteiger partial charge in [-0.2, -0.15) is 0 Å². The third kappa shape index (κ3) is 3.56. The minimum atomic E-state index is -0.689. The number of likely N-dealkylation sites (N-methyl/N-ethyl adjacent to an activating group) is 1. The van der Waals surface area contributed by atoms with Gasteiger partial charge in [-0.05, 0) is 24.1 Å². The van der Waals surface area contributed by atoms with Crippen LogP contribution in [0.2, 0.25) is 0 Å². The highest BCUT2D eigenvalue weighted by atomic mass is 16.5. The van der Waals surface area contributed by atoms with Crippen molar-refractivity contribution in [1.29, 1.82) is 0 Å². The van der Waals surface area contributed by atoms with Crippen LogP contribution in [0.1, 0.15) is 12.0 Å².